The van der Waals surface area contributed by atoms with Crippen molar-refractivity contribution in [2.45, 2.75) is 6.10 Å². The SMILES string of the molecule is O=C(O)c1ccc([N+](=O)[O-])cc1N1CCOC(CO)C1. The minimum Gasteiger partial charge on any atom is -0.478 e. The number of benzene rings is 1. The molecule has 0 amide bonds. The molecule has 0 aromatic heterocycles. The Bertz CT molecular complexity index is 533. The van der Waals surface area contributed by atoms with Crippen LogP contribution in [0, 0.1) is 10.1 Å². The number of nitro benzene ring substituents is 1. The zero-order valence-corrected chi connectivity index (χ0v) is 10.6. The Hall–Kier alpha value is -2.19. The highest BCUT2D eigenvalue weighted by molar-refractivity contribution is 5.95. The van der Waals surface area contributed by atoms with Crippen molar-refractivity contribution in [1.29, 1.82) is 0 Å². The van der Waals surface area contributed by atoms with E-state index < -0.39 is 17.0 Å². The van der Waals surface area contributed by atoms with Gasteiger partial charge in [-0.25, -0.2) is 4.79 Å². The van der Waals surface area contributed by atoms with E-state index in [9.17, 15) is 20.0 Å². The number of carbonyl (C=O) groups is 1. The Morgan fingerprint density at radius 1 is 1.55 bits per heavy atom. The summed E-state index contributed by atoms with van der Waals surface area (Å²) >= 11 is 0. The summed E-state index contributed by atoms with van der Waals surface area (Å²) in [5.41, 5.74) is 0.0969. The molecule has 0 radical (unpaired) electrons. The van der Waals surface area contributed by atoms with Gasteiger partial charge < -0.3 is 19.8 Å². The number of ether oxygens (including phenoxy) is 1. The fourth-order valence-electron chi connectivity index (χ4n) is 2.12. The van der Waals surface area contributed by atoms with Crippen LogP contribution in [0.1, 0.15) is 10.4 Å². The van der Waals surface area contributed by atoms with Gasteiger partial charge in [0.1, 0.15) is 0 Å². The molecule has 1 aliphatic heterocycles. The number of anilines is 1. The van der Waals surface area contributed by atoms with E-state index in [0.29, 0.717) is 13.2 Å². The summed E-state index contributed by atoms with van der Waals surface area (Å²) in [6.07, 6.45) is -0.426. The molecule has 1 aromatic rings. The molecular weight excluding hydrogens is 268 g/mol. The van der Waals surface area contributed by atoms with Crippen molar-refractivity contribution in [3.8, 4) is 0 Å². The molecule has 0 aliphatic carbocycles. The number of aliphatic hydroxyl groups is 1. The molecular formula is C12H14N2O6. The minimum atomic E-state index is -1.15. The Morgan fingerprint density at radius 2 is 2.30 bits per heavy atom. The average molecular weight is 282 g/mol. The van der Waals surface area contributed by atoms with Gasteiger partial charge in [0.2, 0.25) is 0 Å². The largest absolute Gasteiger partial charge is 0.478 e. The molecule has 0 bridgehead atoms. The van der Waals surface area contributed by atoms with Crippen LogP contribution in [-0.4, -0.2) is 53.5 Å². The lowest BCUT2D eigenvalue weighted by molar-refractivity contribution is -0.384. The maximum absolute atomic E-state index is 11.2. The number of nitrogens with zero attached hydrogens (tertiary/aromatic N) is 2. The van der Waals surface area contributed by atoms with Crippen molar-refractivity contribution in [2.24, 2.45) is 0 Å². The minimum absolute atomic E-state index is 0.00538. The number of carboxylic acids is 1. The number of hydrogen-bond acceptors (Lipinski definition) is 6. The lowest BCUT2D eigenvalue weighted by atomic mass is 10.1. The lowest BCUT2D eigenvalue weighted by Crippen LogP contribution is -2.44. The summed E-state index contributed by atoms with van der Waals surface area (Å²) in [5.74, 6) is -1.15. The van der Waals surface area contributed by atoms with Gasteiger partial charge in [0, 0.05) is 25.2 Å². The highest BCUT2D eigenvalue weighted by Crippen LogP contribution is 2.27. The second-order valence-electron chi connectivity index (χ2n) is 4.39. The molecule has 0 saturated carbocycles. The monoisotopic (exact) mass is 282 g/mol. The molecule has 1 aromatic carbocycles. The van der Waals surface area contributed by atoms with E-state index in [0.717, 1.165) is 6.07 Å². The fraction of sp³-hybridized carbons (Fsp3) is 0.417. The number of morpholine rings is 1. The first-order valence-corrected chi connectivity index (χ1v) is 6.02. The molecule has 1 heterocycles. The van der Waals surface area contributed by atoms with Crippen LogP contribution in [0.3, 0.4) is 0 Å². The number of aromatic carboxylic acids is 1. The summed E-state index contributed by atoms with van der Waals surface area (Å²) < 4.78 is 5.28. The van der Waals surface area contributed by atoms with Gasteiger partial charge in [-0.15, -0.1) is 0 Å². The van der Waals surface area contributed by atoms with Gasteiger partial charge in [0.15, 0.2) is 0 Å². The molecule has 108 valence electrons. The van der Waals surface area contributed by atoms with Crippen molar-refractivity contribution in [3.05, 3.63) is 33.9 Å². The van der Waals surface area contributed by atoms with Crippen LogP contribution in [0.25, 0.3) is 0 Å². The molecule has 1 saturated heterocycles. The third-order valence-electron chi connectivity index (χ3n) is 3.11. The summed E-state index contributed by atoms with van der Waals surface area (Å²) in [7, 11) is 0. The Morgan fingerprint density at radius 3 is 2.90 bits per heavy atom. The van der Waals surface area contributed by atoms with Crippen molar-refractivity contribution in [3.63, 3.8) is 0 Å². The normalized spacial score (nSPS) is 18.9. The maximum Gasteiger partial charge on any atom is 0.337 e. The fourth-order valence-corrected chi connectivity index (χ4v) is 2.12. The number of hydrogen-bond donors (Lipinski definition) is 2. The van der Waals surface area contributed by atoms with Crippen molar-refractivity contribution in [2.75, 3.05) is 31.2 Å². The molecule has 0 spiro atoms. The number of non-ortho nitro benzene ring substituents is 1. The van der Waals surface area contributed by atoms with E-state index in [2.05, 4.69) is 0 Å². The Labute approximate surface area is 114 Å². The summed E-state index contributed by atoms with van der Waals surface area (Å²) in [4.78, 5) is 23.1. The molecule has 2 N–H and O–H groups in total. The van der Waals surface area contributed by atoms with E-state index >= 15 is 0 Å². The summed E-state index contributed by atoms with van der Waals surface area (Å²) in [5, 5.41) is 29.1. The van der Waals surface area contributed by atoms with Gasteiger partial charge in [-0.1, -0.05) is 0 Å². The molecule has 8 nitrogen and oxygen atoms in total. The first kappa shape index (κ1) is 14.2. The first-order chi connectivity index (χ1) is 9.52. The van der Waals surface area contributed by atoms with E-state index in [1.807, 2.05) is 0 Å². The van der Waals surface area contributed by atoms with Crippen molar-refractivity contribution in [1.82, 2.24) is 0 Å². The molecule has 1 fully saturated rings. The molecule has 1 unspecified atom stereocenters. The highest BCUT2D eigenvalue weighted by atomic mass is 16.6. The van der Waals surface area contributed by atoms with Gasteiger partial charge in [-0.05, 0) is 6.07 Å². The molecule has 2 rings (SSSR count). The lowest BCUT2D eigenvalue weighted by Gasteiger charge is -2.34. The van der Waals surface area contributed by atoms with Crippen LogP contribution >= 0.6 is 0 Å². The number of nitro groups is 1. The third-order valence-corrected chi connectivity index (χ3v) is 3.11. The van der Waals surface area contributed by atoms with Crippen molar-refractivity contribution < 1.29 is 24.7 Å². The zero-order chi connectivity index (χ0) is 14.7. The van der Waals surface area contributed by atoms with E-state index in [1.54, 1.807) is 4.90 Å². The Balaban J connectivity index is 2.38. The van der Waals surface area contributed by atoms with E-state index in [4.69, 9.17) is 9.84 Å². The van der Waals surface area contributed by atoms with Gasteiger partial charge in [0.05, 0.1) is 35.5 Å². The topological polar surface area (TPSA) is 113 Å². The smallest absolute Gasteiger partial charge is 0.337 e. The quantitative estimate of drug-likeness (QED) is 0.610. The van der Waals surface area contributed by atoms with Gasteiger partial charge in [-0.3, -0.25) is 10.1 Å². The molecule has 1 aliphatic rings. The highest BCUT2D eigenvalue weighted by Gasteiger charge is 2.25. The van der Waals surface area contributed by atoms with Crippen LogP contribution < -0.4 is 4.90 Å². The average Bonchev–Trinajstić information content (AvgIpc) is 2.46. The van der Waals surface area contributed by atoms with Crippen molar-refractivity contribution >= 4 is 17.3 Å². The van der Waals surface area contributed by atoms with Crippen LogP contribution in [-0.2, 0) is 4.74 Å². The predicted octanol–water partition coefficient (Wildman–Crippen LogP) is 0.490. The standard InChI is InChI=1S/C12H14N2O6/c15-7-9-6-13(3-4-20-9)11-5-8(14(18)19)1-2-10(11)12(16)17/h1-2,5,9,15H,3-4,6-7H2,(H,16,17). The Kier molecular flexibility index (Phi) is 4.16. The maximum atomic E-state index is 11.2. The number of carboxylic acid groups (broad SMARTS) is 1. The molecule has 1 atom stereocenters. The zero-order valence-electron chi connectivity index (χ0n) is 10.6. The van der Waals surface area contributed by atoms with Crippen LogP contribution in [0.5, 0.6) is 0 Å². The third kappa shape index (κ3) is 2.86. The number of rotatable bonds is 4. The van der Waals surface area contributed by atoms with Crippen LogP contribution in [0.4, 0.5) is 11.4 Å². The van der Waals surface area contributed by atoms with Crippen LogP contribution in [0.2, 0.25) is 0 Å². The van der Waals surface area contributed by atoms with Gasteiger partial charge >= 0.3 is 5.97 Å². The number of aliphatic hydroxyl groups excluding tert-OH is 1. The first-order valence-electron chi connectivity index (χ1n) is 6.02. The second kappa shape index (κ2) is 5.85. The van der Waals surface area contributed by atoms with Gasteiger partial charge in [-0.2, -0.15) is 0 Å². The molecule has 20 heavy (non-hydrogen) atoms. The molecule has 8 heteroatoms. The van der Waals surface area contributed by atoms with Gasteiger partial charge in [0.25, 0.3) is 5.69 Å². The summed E-state index contributed by atoms with van der Waals surface area (Å²) in [6, 6.07) is 3.62. The second-order valence-corrected chi connectivity index (χ2v) is 4.39. The predicted molar refractivity (Wildman–Crippen MR) is 69.1 cm³/mol. The van der Waals surface area contributed by atoms with E-state index in [1.165, 1.54) is 12.1 Å². The summed E-state index contributed by atoms with van der Waals surface area (Å²) in [6.45, 7) is 0.844. The van der Waals surface area contributed by atoms with E-state index in [-0.39, 0.29) is 30.1 Å². The van der Waals surface area contributed by atoms with Crippen LogP contribution in [0.15, 0.2) is 18.2 Å².